The summed E-state index contributed by atoms with van der Waals surface area (Å²) in [6.07, 6.45) is 1.98. The molecule has 1 aromatic heterocycles. The van der Waals surface area contributed by atoms with Gasteiger partial charge in [0, 0.05) is 19.0 Å². The summed E-state index contributed by atoms with van der Waals surface area (Å²) in [6, 6.07) is -0.117. The molecule has 15 heavy (non-hydrogen) atoms. The second-order valence-electron chi connectivity index (χ2n) is 3.49. The predicted octanol–water partition coefficient (Wildman–Crippen LogP) is -0.348. The molecule has 84 valence electrons. The molecule has 1 amide bonds. The summed E-state index contributed by atoms with van der Waals surface area (Å²) in [6.45, 7) is 5.00. The van der Waals surface area contributed by atoms with Crippen molar-refractivity contribution >= 4 is 5.91 Å². The smallest absolute Gasteiger partial charge is 0.221 e. The molecule has 0 aliphatic carbocycles. The van der Waals surface area contributed by atoms with E-state index in [1.54, 1.807) is 13.3 Å². The van der Waals surface area contributed by atoms with Crippen LogP contribution in [0.2, 0.25) is 0 Å². The molecular weight excluding hydrogens is 194 g/mol. The van der Waals surface area contributed by atoms with Gasteiger partial charge < -0.3 is 15.6 Å². The fraction of sp³-hybridized carbons (Fsp3) is 0.667. The Labute approximate surface area is 88.9 Å². The maximum atomic E-state index is 11.3. The second kappa shape index (κ2) is 5.45. The zero-order valence-corrected chi connectivity index (χ0v) is 9.10. The minimum atomic E-state index is -0.117. The first-order valence-corrected chi connectivity index (χ1v) is 5.02. The van der Waals surface area contributed by atoms with Gasteiger partial charge in [-0.05, 0) is 13.8 Å². The van der Waals surface area contributed by atoms with Gasteiger partial charge in [-0.25, -0.2) is 0 Å². The largest absolute Gasteiger partial charge is 0.349 e. The number of hydrogen-bond donors (Lipinski definition) is 2. The van der Waals surface area contributed by atoms with E-state index in [0.717, 1.165) is 12.4 Å². The summed E-state index contributed by atoms with van der Waals surface area (Å²) >= 11 is 0. The van der Waals surface area contributed by atoms with E-state index in [1.165, 1.54) is 0 Å². The number of nitrogens with two attached hydrogens (primary N) is 1. The first kappa shape index (κ1) is 11.6. The Morgan fingerprint density at radius 3 is 3.07 bits per heavy atom. The molecule has 6 nitrogen and oxygen atoms in total. The van der Waals surface area contributed by atoms with Crippen molar-refractivity contribution in [2.24, 2.45) is 5.73 Å². The molecule has 0 spiro atoms. The molecule has 0 radical (unpaired) electrons. The first-order valence-electron chi connectivity index (χ1n) is 5.02. The summed E-state index contributed by atoms with van der Waals surface area (Å²) in [5, 5.41) is 10.4. The van der Waals surface area contributed by atoms with E-state index >= 15 is 0 Å². The van der Waals surface area contributed by atoms with Crippen molar-refractivity contribution in [1.82, 2.24) is 20.1 Å². The maximum absolute atomic E-state index is 11.3. The SMILES string of the molecule is CCn1cnnc1CNC(=O)CC(C)N. The number of aryl methyl sites for hydroxylation is 1. The number of amides is 1. The molecule has 0 fully saturated rings. The van der Waals surface area contributed by atoms with Gasteiger partial charge in [-0.1, -0.05) is 0 Å². The third kappa shape index (κ3) is 3.67. The van der Waals surface area contributed by atoms with Crippen LogP contribution < -0.4 is 11.1 Å². The highest BCUT2D eigenvalue weighted by molar-refractivity contribution is 5.76. The normalized spacial score (nSPS) is 12.5. The number of nitrogens with zero attached hydrogens (tertiary/aromatic N) is 3. The van der Waals surface area contributed by atoms with E-state index in [0.29, 0.717) is 13.0 Å². The Bertz CT molecular complexity index is 320. The van der Waals surface area contributed by atoms with Gasteiger partial charge in [0.25, 0.3) is 0 Å². The quantitative estimate of drug-likeness (QED) is 0.697. The summed E-state index contributed by atoms with van der Waals surface area (Å²) in [5.41, 5.74) is 5.50. The lowest BCUT2D eigenvalue weighted by Crippen LogP contribution is -2.30. The van der Waals surface area contributed by atoms with Gasteiger partial charge in [0.15, 0.2) is 5.82 Å². The average molecular weight is 211 g/mol. The third-order valence-electron chi connectivity index (χ3n) is 1.99. The number of aromatic nitrogens is 3. The van der Waals surface area contributed by atoms with Crippen molar-refractivity contribution in [1.29, 1.82) is 0 Å². The van der Waals surface area contributed by atoms with Crippen molar-refractivity contribution < 1.29 is 4.79 Å². The van der Waals surface area contributed by atoms with E-state index < -0.39 is 0 Å². The van der Waals surface area contributed by atoms with Crippen LogP contribution in [0.15, 0.2) is 6.33 Å². The lowest BCUT2D eigenvalue weighted by atomic mass is 10.2. The number of nitrogens with one attached hydrogen (secondary N) is 1. The van der Waals surface area contributed by atoms with Crippen LogP contribution in [0.25, 0.3) is 0 Å². The standard InChI is InChI=1S/C9H17N5O/c1-3-14-6-12-13-8(14)5-11-9(15)4-7(2)10/h6-7H,3-5,10H2,1-2H3,(H,11,15). The van der Waals surface area contributed by atoms with Crippen LogP contribution in [-0.4, -0.2) is 26.7 Å². The highest BCUT2D eigenvalue weighted by Crippen LogP contribution is 1.94. The van der Waals surface area contributed by atoms with Crippen molar-refractivity contribution in [2.75, 3.05) is 0 Å². The molecule has 0 aliphatic heterocycles. The molecule has 0 saturated carbocycles. The van der Waals surface area contributed by atoms with E-state index in [1.807, 2.05) is 11.5 Å². The van der Waals surface area contributed by atoms with Gasteiger partial charge in [0.2, 0.25) is 5.91 Å². The Morgan fingerprint density at radius 1 is 1.73 bits per heavy atom. The fourth-order valence-electron chi connectivity index (χ4n) is 1.22. The molecule has 1 unspecified atom stereocenters. The van der Waals surface area contributed by atoms with Crippen LogP contribution in [0.5, 0.6) is 0 Å². The molecule has 1 heterocycles. The number of carbonyl (C=O) groups is 1. The highest BCUT2D eigenvalue weighted by Gasteiger charge is 2.07. The molecular formula is C9H17N5O. The highest BCUT2D eigenvalue weighted by atomic mass is 16.1. The number of hydrogen-bond acceptors (Lipinski definition) is 4. The molecule has 3 N–H and O–H groups in total. The molecule has 0 saturated heterocycles. The van der Waals surface area contributed by atoms with Crippen LogP contribution in [0, 0.1) is 0 Å². The molecule has 6 heteroatoms. The van der Waals surface area contributed by atoms with E-state index in [2.05, 4.69) is 15.5 Å². The zero-order chi connectivity index (χ0) is 11.3. The first-order chi connectivity index (χ1) is 7.13. The van der Waals surface area contributed by atoms with Gasteiger partial charge in [0.05, 0.1) is 6.54 Å². The summed E-state index contributed by atoms with van der Waals surface area (Å²) in [4.78, 5) is 11.3. The summed E-state index contributed by atoms with van der Waals surface area (Å²) < 4.78 is 1.88. The second-order valence-corrected chi connectivity index (χ2v) is 3.49. The monoisotopic (exact) mass is 211 g/mol. The lowest BCUT2D eigenvalue weighted by Gasteiger charge is -2.07. The average Bonchev–Trinajstić information content (AvgIpc) is 2.60. The van der Waals surface area contributed by atoms with Crippen molar-refractivity contribution in [2.45, 2.75) is 39.4 Å². The van der Waals surface area contributed by atoms with Gasteiger partial charge in [0.1, 0.15) is 6.33 Å². The Balaban J connectivity index is 2.40. The molecule has 0 aliphatic rings. The van der Waals surface area contributed by atoms with Gasteiger partial charge >= 0.3 is 0 Å². The van der Waals surface area contributed by atoms with E-state index in [4.69, 9.17) is 5.73 Å². The van der Waals surface area contributed by atoms with E-state index in [-0.39, 0.29) is 11.9 Å². The van der Waals surface area contributed by atoms with Gasteiger partial charge in [-0.3, -0.25) is 4.79 Å². The Kier molecular flexibility index (Phi) is 4.23. The third-order valence-corrected chi connectivity index (χ3v) is 1.99. The summed E-state index contributed by atoms with van der Waals surface area (Å²) in [7, 11) is 0. The minimum Gasteiger partial charge on any atom is -0.349 e. The van der Waals surface area contributed by atoms with Crippen molar-refractivity contribution in [3.63, 3.8) is 0 Å². The molecule has 0 bridgehead atoms. The van der Waals surface area contributed by atoms with Crippen LogP contribution in [0.1, 0.15) is 26.1 Å². The number of carbonyl (C=O) groups excluding carboxylic acids is 1. The summed E-state index contributed by atoms with van der Waals surface area (Å²) in [5.74, 6) is 0.700. The molecule has 1 rings (SSSR count). The fourth-order valence-corrected chi connectivity index (χ4v) is 1.22. The number of rotatable bonds is 5. The van der Waals surface area contributed by atoms with Crippen LogP contribution >= 0.6 is 0 Å². The lowest BCUT2D eigenvalue weighted by molar-refractivity contribution is -0.121. The van der Waals surface area contributed by atoms with Crippen molar-refractivity contribution in [3.8, 4) is 0 Å². The maximum Gasteiger partial charge on any atom is 0.221 e. The van der Waals surface area contributed by atoms with Crippen molar-refractivity contribution in [3.05, 3.63) is 12.2 Å². The van der Waals surface area contributed by atoms with E-state index in [9.17, 15) is 4.79 Å². The van der Waals surface area contributed by atoms with Gasteiger partial charge in [-0.15, -0.1) is 10.2 Å². The molecule has 1 atom stereocenters. The van der Waals surface area contributed by atoms with Crippen LogP contribution in [0.3, 0.4) is 0 Å². The molecule has 0 aromatic carbocycles. The zero-order valence-electron chi connectivity index (χ0n) is 9.10. The van der Waals surface area contributed by atoms with Gasteiger partial charge in [-0.2, -0.15) is 0 Å². The van der Waals surface area contributed by atoms with Crippen LogP contribution in [0.4, 0.5) is 0 Å². The topological polar surface area (TPSA) is 85.8 Å². The Morgan fingerprint density at radius 2 is 2.47 bits per heavy atom. The molecule has 1 aromatic rings. The van der Waals surface area contributed by atoms with Crippen LogP contribution in [-0.2, 0) is 17.9 Å². The Hall–Kier alpha value is -1.43. The predicted molar refractivity (Wildman–Crippen MR) is 55.8 cm³/mol. The minimum absolute atomic E-state index is 0.0596.